The Labute approximate surface area is 128 Å². The van der Waals surface area contributed by atoms with Crippen molar-refractivity contribution in [2.45, 2.75) is 6.54 Å². The highest BCUT2D eigenvalue weighted by Crippen LogP contribution is 2.29. The molecule has 0 radical (unpaired) electrons. The molecule has 0 atom stereocenters. The van der Waals surface area contributed by atoms with Crippen molar-refractivity contribution < 1.29 is 0 Å². The van der Waals surface area contributed by atoms with Crippen LogP contribution in [-0.2, 0) is 6.54 Å². The van der Waals surface area contributed by atoms with Crippen LogP contribution in [0.3, 0.4) is 0 Å². The minimum atomic E-state index is 0.681. The number of pyridine rings is 1. The Balaban J connectivity index is 1.91. The Morgan fingerprint density at radius 1 is 1.21 bits per heavy atom. The number of hydrogen-bond acceptors (Lipinski definition) is 3. The number of benzene rings is 1. The molecule has 3 aromatic rings. The maximum absolute atomic E-state index is 6.16. The second-order valence-corrected chi connectivity index (χ2v) is 7.01. The van der Waals surface area contributed by atoms with E-state index >= 15 is 0 Å². The first-order valence-electron chi connectivity index (χ1n) is 5.75. The summed E-state index contributed by atoms with van der Waals surface area (Å²) in [6, 6.07) is 12.0. The van der Waals surface area contributed by atoms with E-state index in [0.29, 0.717) is 5.02 Å². The van der Waals surface area contributed by atoms with Crippen LogP contribution < -0.4 is 5.32 Å². The number of hydrogen-bond donors (Lipinski definition) is 1. The molecule has 96 valence electrons. The van der Waals surface area contributed by atoms with Crippen molar-refractivity contribution in [2.75, 3.05) is 5.32 Å². The molecule has 3 rings (SSSR count). The number of nitrogens with one attached hydrogen (secondary N) is 1. The van der Waals surface area contributed by atoms with Crippen LogP contribution in [-0.4, -0.2) is 4.98 Å². The maximum atomic E-state index is 6.16. The number of anilines is 1. The average Bonchev–Trinajstić information content (AvgIpc) is 2.84. The molecule has 0 saturated carbocycles. The highest BCUT2D eigenvalue weighted by molar-refractivity contribution is 9.11. The number of rotatable bonds is 3. The highest BCUT2D eigenvalue weighted by Gasteiger charge is 2.05. The van der Waals surface area contributed by atoms with Gasteiger partial charge in [0.25, 0.3) is 0 Å². The predicted octanol–water partition coefficient (Wildman–Crippen LogP) is 5.32. The zero-order valence-corrected chi connectivity index (χ0v) is 13.0. The molecule has 2 aromatic heterocycles. The third-order valence-corrected chi connectivity index (χ3v) is 4.73. The molecule has 0 unspecified atom stereocenters. The molecule has 0 fully saturated rings. The quantitative estimate of drug-likeness (QED) is 0.689. The molecule has 19 heavy (non-hydrogen) atoms. The van der Waals surface area contributed by atoms with Crippen LogP contribution in [0.15, 0.2) is 46.4 Å². The van der Waals surface area contributed by atoms with Crippen LogP contribution in [0.5, 0.6) is 0 Å². The van der Waals surface area contributed by atoms with Gasteiger partial charge in [-0.25, -0.2) is 0 Å². The van der Waals surface area contributed by atoms with E-state index in [-0.39, 0.29) is 0 Å². The molecule has 0 bridgehead atoms. The molecule has 0 aliphatic rings. The molecular formula is C14H10BrClN2S. The number of aromatic nitrogens is 1. The van der Waals surface area contributed by atoms with Gasteiger partial charge in [-0.15, -0.1) is 11.3 Å². The average molecular weight is 354 g/mol. The van der Waals surface area contributed by atoms with Crippen molar-refractivity contribution in [1.82, 2.24) is 4.98 Å². The lowest BCUT2D eigenvalue weighted by atomic mass is 10.2. The van der Waals surface area contributed by atoms with Gasteiger partial charge in [-0.3, -0.25) is 4.98 Å². The number of halogens is 2. The summed E-state index contributed by atoms with van der Waals surface area (Å²) < 4.78 is 1.15. The molecule has 0 amide bonds. The summed E-state index contributed by atoms with van der Waals surface area (Å²) in [6.07, 6.45) is 1.76. The standard InChI is InChI=1S/C14H10BrClN2S/c15-13-6-3-9(19-13)8-18-12-5-4-11(16)14-10(12)2-1-7-17-14/h1-7,18H,8H2. The molecule has 5 heteroatoms. The largest absolute Gasteiger partial charge is 0.380 e. The van der Waals surface area contributed by atoms with Gasteiger partial charge in [0, 0.05) is 28.7 Å². The van der Waals surface area contributed by atoms with Crippen molar-refractivity contribution in [2.24, 2.45) is 0 Å². The minimum Gasteiger partial charge on any atom is -0.380 e. The van der Waals surface area contributed by atoms with Crippen LogP contribution in [0, 0.1) is 0 Å². The first kappa shape index (κ1) is 12.9. The Morgan fingerprint density at radius 3 is 2.89 bits per heavy atom. The van der Waals surface area contributed by atoms with E-state index in [4.69, 9.17) is 11.6 Å². The van der Waals surface area contributed by atoms with Gasteiger partial charge in [0.05, 0.1) is 14.3 Å². The van der Waals surface area contributed by atoms with Gasteiger partial charge in [0.15, 0.2) is 0 Å². The first-order valence-corrected chi connectivity index (χ1v) is 7.74. The van der Waals surface area contributed by atoms with Gasteiger partial charge < -0.3 is 5.32 Å². The van der Waals surface area contributed by atoms with Crippen LogP contribution in [0.2, 0.25) is 5.02 Å². The van der Waals surface area contributed by atoms with E-state index in [9.17, 15) is 0 Å². The van der Waals surface area contributed by atoms with E-state index in [1.807, 2.05) is 24.3 Å². The predicted molar refractivity (Wildman–Crippen MR) is 86.1 cm³/mol. The lowest BCUT2D eigenvalue weighted by Gasteiger charge is -2.09. The molecular weight excluding hydrogens is 344 g/mol. The SMILES string of the molecule is Clc1ccc(NCc2ccc(Br)s2)c2cccnc12. The summed E-state index contributed by atoms with van der Waals surface area (Å²) in [5.74, 6) is 0. The number of thiophene rings is 1. The third kappa shape index (κ3) is 2.76. The molecule has 0 aliphatic carbocycles. The topological polar surface area (TPSA) is 24.9 Å². The van der Waals surface area contributed by atoms with Gasteiger partial charge in [-0.2, -0.15) is 0 Å². The van der Waals surface area contributed by atoms with E-state index in [0.717, 1.165) is 26.9 Å². The summed E-state index contributed by atoms with van der Waals surface area (Å²) in [7, 11) is 0. The Kier molecular flexibility index (Phi) is 3.73. The van der Waals surface area contributed by atoms with Gasteiger partial charge >= 0.3 is 0 Å². The fourth-order valence-electron chi connectivity index (χ4n) is 1.92. The summed E-state index contributed by atoms with van der Waals surface area (Å²) in [4.78, 5) is 5.60. The van der Waals surface area contributed by atoms with Crippen LogP contribution in [0.1, 0.15) is 4.88 Å². The van der Waals surface area contributed by atoms with Crippen molar-refractivity contribution in [1.29, 1.82) is 0 Å². The fourth-order valence-corrected chi connectivity index (χ4v) is 3.56. The number of fused-ring (bicyclic) bond motifs is 1. The van der Waals surface area contributed by atoms with Crippen molar-refractivity contribution in [3.8, 4) is 0 Å². The van der Waals surface area contributed by atoms with Crippen molar-refractivity contribution >= 4 is 55.5 Å². The maximum Gasteiger partial charge on any atom is 0.0908 e. The van der Waals surface area contributed by atoms with Gasteiger partial charge in [0.1, 0.15) is 0 Å². The smallest absolute Gasteiger partial charge is 0.0908 e. The summed E-state index contributed by atoms with van der Waals surface area (Å²) >= 11 is 11.4. The first-order chi connectivity index (χ1) is 9.24. The zero-order valence-electron chi connectivity index (χ0n) is 9.86. The molecule has 2 heterocycles. The third-order valence-electron chi connectivity index (χ3n) is 2.80. The van der Waals surface area contributed by atoms with Crippen LogP contribution >= 0.6 is 38.9 Å². The molecule has 0 saturated heterocycles. The van der Waals surface area contributed by atoms with Crippen molar-refractivity contribution in [3.05, 3.63) is 56.3 Å². The van der Waals surface area contributed by atoms with E-state index in [2.05, 4.69) is 38.4 Å². The molecule has 2 nitrogen and oxygen atoms in total. The Hall–Kier alpha value is -1.10. The molecule has 1 N–H and O–H groups in total. The second-order valence-electron chi connectivity index (χ2n) is 4.05. The van der Waals surface area contributed by atoms with E-state index < -0.39 is 0 Å². The van der Waals surface area contributed by atoms with Crippen LogP contribution in [0.4, 0.5) is 5.69 Å². The fraction of sp³-hybridized carbons (Fsp3) is 0.0714. The monoisotopic (exact) mass is 352 g/mol. The Morgan fingerprint density at radius 2 is 2.11 bits per heavy atom. The molecule has 0 aliphatic heterocycles. The summed E-state index contributed by atoms with van der Waals surface area (Å²) in [5.41, 5.74) is 1.89. The van der Waals surface area contributed by atoms with Gasteiger partial charge in [-0.1, -0.05) is 11.6 Å². The second kappa shape index (κ2) is 5.49. The van der Waals surface area contributed by atoms with E-state index in [1.54, 1.807) is 17.5 Å². The highest BCUT2D eigenvalue weighted by atomic mass is 79.9. The van der Waals surface area contributed by atoms with Crippen molar-refractivity contribution in [3.63, 3.8) is 0 Å². The molecule has 0 spiro atoms. The number of nitrogens with zero attached hydrogens (tertiary/aromatic N) is 1. The Bertz CT molecular complexity index is 726. The zero-order chi connectivity index (χ0) is 13.2. The summed E-state index contributed by atoms with van der Waals surface area (Å²) in [6.45, 7) is 0.794. The van der Waals surface area contributed by atoms with E-state index in [1.165, 1.54) is 4.88 Å². The van der Waals surface area contributed by atoms with Gasteiger partial charge in [-0.05, 0) is 52.3 Å². The lowest BCUT2D eigenvalue weighted by molar-refractivity contribution is 1.20. The molecule has 1 aromatic carbocycles. The normalized spacial score (nSPS) is 10.8. The lowest BCUT2D eigenvalue weighted by Crippen LogP contribution is -1.98. The van der Waals surface area contributed by atoms with Gasteiger partial charge in [0.2, 0.25) is 0 Å². The van der Waals surface area contributed by atoms with Crippen LogP contribution in [0.25, 0.3) is 10.9 Å². The summed E-state index contributed by atoms with van der Waals surface area (Å²) in [5, 5.41) is 5.16. The minimum absolute atomic E-state index is 0.681.